The highest BCUT2D eigenvalue weighted by Gasteiger charge is 2.30. The summed E-state index contributed by atoms with van der Waals surface area (Å²) in [7, 11) is 0. The molecule has 0 radical (unpaired) electrons. The second-order valence-corrected chi connectivity index (χ2v) is 7.79. The van der Waals surface area contributed by atoms with Gasteiger partial charge < -0.3 is 20.1 Å². The predicted octanol–water partition coefficient (Wildman–Crippen LogP) is 1.77. The minimum atomic E-state index is -0.408. The van der Waals surface area contributed by atoms with Crippen molar-refractivity contribution in [1.82, 2.24) is 15.5 Å². The number of nitrogens with zero attached hydrogens (tertiary/aromatic N) is 1. The minimum absolute atomic E-state index is 0.0632. The van der Waals surface area contributed by atoms with Gasteiger partial charge in [-0.1, -0.05) is 6.07 Å². The molecule has 2 fully saturated rings. The lowest BCUT2D eigenvalue weighted by atomic mass is 10.0. The van der Waals surface area contributed by atoms with Gasteiger partial charge in [0, 0.05) is 19.0 Å². The average molecular weight is 387 g/mol. The Hall–Kier alpha value is -2.28. The maximum atomic E-state index is 12.6. The lowest BCUT2D eigenvalue weighted by molar-refractivity contribution is -0.129. The summed E-state index contributed by atoms with van der Waals surface area (Å²) < 4.78 is 11.5. The second-order valence-electron chi connectivity index (χ2n) is 7.79. The average Bonchev–Trinajstić information content (AvgIpc) is 2.88. The SMILES string of the molecule is O=C(CN1CCC[C@@H]1c1ccc2c(c1)OCCCO2)N[C@H]1CCCCNC1=O. The van der Waals surface area contributed by atoms with Crippen LogP contribution in [-0.2, 0) is 9.59 Å². The standard InChI is InChI=1S/C21H29N3O4/c25-20(23-16-5-1-2-9-22-21(16)26)14-24-10-3-6-17(24)15-7-8-18-19(13-15)28-12-4-11-27-18/h7-8,13,16-17H,1-6,9-12,14H2,(H,22,26)(H,23,25)/t16-,17+/m0/s1. The summed E-state index contributed by atoms with van der Waals surface area (Å²) in [6, 6.07) is 5.88. The van der Waals surface area contributed by atoms with Gasteiger partial charge in [0.25, 0.3) is 0 Å². The molecule has 28 heavy (non-hydrogen) atoms. The Kier molecular flexibility index (Phi) is 6.00. The maximum absolute atomic E-state index is 12.6. The number of hydrogen-bond donors (Lipinski definition) is 2. The van der Waals surface area contributed by atoms with E-state index < -0.39 is 6.04 Å². The van der Waals surface area contributed by atoms with Crippen molar-refractivity contribution in [3.05, 3.63) is 23.8 Å². The normalized spacial score (nSPS) is 25.5. The molecule has 7 nitrogen and oxygen atoms in total. The molecule has 3 heterocycles. The van der Waals surface area contributed by atoms with Crippen LogP contribution in [0, 0.1) is 0 Å². The van der Waals surface area contributed by atoms with Crippen LogP contribution in [0.15, 0.2) is 18.2 Å². The fraction of sp³-hybridized carbons (Fsp3) is 0.619. The zero-order valence-electron chi connectivity index (χ0n) is 16.2. The summed E-state index contributed by atoms with van der Waals surface area (Å²) >= 11 is 0. The highest BCUT2D eigenvalue weighted by atomic mass is 16.5. The predicted molar refractivity (Wildman–Crippen MR) is 104 cm³/mol. The van der Waals surface area contributed by atoms with Gasteiger partial charge >= 0.3 is 0 Å². The number of carbonyl (C=O) groups excluding carboxylic acids is 2. The highest BCUT2D eigenvalue weighted by Crippen LogP contribution is 2.37. The first-order valence-corrected chi connectivity index (χ1v) is 10.4. The van der Waals surface area contributed by atoms with Crippen molar-refractivity contribution >= 4 is 11.8 Å². The number of fused-ring (bicyclic) bond motifs is 1. The summed E-state index contributed by atoms with van der Waals surface area (Å²) in [5.74, 6) is 1.44. The van der Waals surface area contributed by atoms with Crippen LogP contribution in [0.1, 0.15) is 50.1 Å². The van der Waals surface area contributed by atoms with Crippen molar-refractivity contribution in [2.45, 2.75) is 50.6 Å². The summed E-state index contributed by atoms with van der Waals surface area (Å²) in [6.07, 6.45) is 5.58. The van der Waals surface area contributed by atoms with E-state index >= 15 is 0 Å². The lowest BCUT2D eigenvalue weighted by Gasteiger charge is -2.26. The van der Waals surface area contributed by atoms with E-state index in [1.54, 1.807) is 0 Å². The van der Waals surface area contributed by atoms with E-state index in [2.05, 4.69) is 27.7 Å². The molecule has 0 aliphatic carbocycles. The van der Waals surface area contributed by atoms with Crippen molar-refractivity contribution < 1.29 is 19.1 Å². The van der Waals surface area contributed by atoms with Gasteiger partial charge in [0.2, 0.25) is 11.8 Å². The van der Waals surface area contributed by atoms with Gasteiger partial charge in [-0.15, -0.1) is 0 Å². The smallest absolute Gasteiger partial charge is 0.242 e. The molecule has 0 saturated carbocycles. The molecule has 1 aromatic carbocycles. The highest BCUT2D eigenvalue weighted by molar-refractivity contribution is 5.88. The van der Waals surface area contributed by atoms with Gasteiger partial charge in [0.05, 0.1) is 19.8 Å². The van der Waals surface area contributed by atoms with Crippen molar-refractivity contribution in [2.75, 3.05) is 32.8 Å². The van der Waals surface area contributed by atoms with E-state index in [9.17, 15) is 9.59 Å². The van der Waals surface area contributed by atoms with E-state index in [1.807, 2.05) is 6.07 Å². The first kappa shape index (κ1) is 19.1. The first-order valence-electron chi connectivity index (χ1n) is 10.4. The van der Waals surface area contributed by atoms with Gasteiger partial charge in [0.15, 0.2) is 11.5 Å². The van der Waals surface area contributed by atoms with Crippen molar-refractivity contribution in [3.8, 4) is 11.5 Å². The third kappa shape index (κ3) is 4.41. The van der Waals surface area contributed by atoms with Crippen LogP contribution in [0.3, 0.4) is 0 Å². The molecule has 3 aliphatic rings. The van der Waals surface area contributed by atoms with Crippen LogP contribution in [-0.4, -0.2) is 55.6 Å². The monoisotopic (exact) mass is 387 g/mol. The number of likely N-dealkylation sites (tertiary alicyclic amines) is 1. The number of benzene rings is 1. The Morgan fingerprint density at radius 1 is 1.11 bits per heavy atom. The molecule has 152 valence electrons. The fourth-order valence-electron chi connectivity index (χ4n) is 4.28. The maximum Gasteiger partial charge on any atom is 0.242 e. The number of ether oxygens (including phenoxy) is 2. The second kappa shape index (κ2) is 8.82. The number of amides is 2. The number of hydrogen-bond acceptors (Lipinski definition) is 5. The van der Waals surface area contributed by atoms with Crippen LogP contribution in [0.25, 0.3) is 0 Å². The van der Waals surface area contributed by atoms with Crippen LogP contribution < -0.4 is 20.1 Å². The minimum Gasteiger partial charge on any atom is -0.490 e. The lowest BCUT2D eigenvalue weighted by Crippen LogP contribution is -2.48. The molecule has 2 amide bonds. The third-order valence-corrected chi connectivity index (χ3v) is 5.74. The van der Waals surface area contributed by atoms with Crippen molar-refractivity contribution in [1.29, 1.82) is 0 Å². The molecule has 3 aliphatic heterocycles. The van der Waals surface area contributed by atoms with E-state index in [0.29, 0.717) is 32.7 Å². The Morgan fingerprint density at radius 3 is 2.86 bits per heavy atom. The Bertz CT molecular complexity index is 724. The number of carbonyl (C=O) groups is 2. The molecular weight excluding hydrogens is 358 g/mol. The summed E-state index contributed by atoms with van der Waals surface area (Å²) in [4.78, 5) is 26.9. The summed E-state index contributed by atoms with van der Waals surface area (Å²) in [5, 5.41) is 5.80. The Balaban J connectivity index is 1.40. The van der Waals surface area contributed by atoms with E-state index in [0.717, 1.165) is 55.7 Å². The molecule has 0 unspecified atom stereocenters. The molecule has 7 heteroatoms. The van der Waals surface area contributed by atoms with E-state index in [1.165, 1.54) is 0 Å². The largest absolute Gasteiger partial charge is 0.490 e. The van der Waals surface area contributed by atoms with Gasteiger partial charge in [0.1, 0.15) is 6.04 Å². The summed E-state index contributed by atoms with van der Waals surface area (Å²) in [5.41, 5.74) is 1.15. The van der Waals surface area contributed by atoms with E-state index in [-0.39, 0.29) is 17.9 Å². The van der Waals surface area contributed by atoms with Crippen LogP contribution in [0.2, 0.25) is 0 Å². The molecule has 2 atom stereocenters. The van der Waals surface area contributed by atoms with E-state index in [4.69, 9.17) is 9.47 Å². The van der Waals surface area contributed by atoms with Gasteiger partial charge in [-0.3, -0.25) is 14.5 Å². The molecular formula is C21H29N3O4. The van der Waals surface area contributed by atoms with Gasteiger partial charge in [-0.2, -0.15) is 0 Å². The quantitative estimate of drug-likeness (QED) is 0.823. The van der Waals surface area contributed by atoms with Crippen LogP contribution in [0.5, 0.6) is 11.5 Å². The zero-order chi connectivity index (χ0) is 19.3. The molecule has 0 spiro atoms. The van der Waals surface area contributed by atoms with Crippen molar-refractivity contribution in [3.63, 3.8) is 0 Å². The van der Waals surface area contributed by atoms with Crippen molar-refractivity contribution in [2.24, 2.45) is 0 Å². The Labute approximate surface area is 165 Å². The molecule has 0 bridgehead atoms. The molecule has 1 aromatic rings. The zero-order valence-corrected chi connectivity index (χ0v) is 16.2. The fourth-order valence-corrected chi connectivity index (χ4v) is 4.28. The molecule has 2 N–H and O–H groups in total. The number of rotatable bonds is 4. The first-order chi connectivity index (χ1) is 13.7. The van der Waals surface area contributed by atoms with Gasteiger partial charge in [-0.25, -0.2) is 0 Å². The van der Waals surface area contributed by atoms with Crippen LogP contribution in [0.4, 0.5) is 0 Å². The molecule has 4 rings (SSSR count). The topological polar surface area (TPSA) is 79.9 Å². The van der Waals surface area contributed by atoms with Gasteiger partial charge in [-0.05, 0) is 56.3 Å². The molecule has 0 aromatic heterocycles. The van der Waals surface area contributed by atoms with Crippen LogP contribution >= 0.6 is 0 Å². The third-order valence-electron chi connectivity index (χ3n) is 5.74. The number of nitrogens with one attached hydrogen (secondary N) is 2. The Morgan fingerprint density at radius 2 is 1.96 bits per heavy atom. The summed E-state index contributed by atoms with van der Waals surface area (Å²) in [6.45, 7) is 3.23. The molecule has 2 saturated heterocycles.